The molecule has 0 atom stereocenters. The minimum atomic E-state index is -0.586. The number of carbonyl (C=O) groups excluding carboxylic acids is 2. The smallest absolute Gasteiger partial charge is 0.341 e. The van der Waals surface area contributed by atoms with Gasteiger partial charge in [-0.2, -0.15) is 0 Å². The Morgan fingerprint density at radius 1 is 1.10 bits per heavy atom. The summed E-state index contributed by atoms with van der Waals surface area (Å²) in [5.74, 6) is -1.15. The van der Waals surface area contributed by atoms with E-state index in [0.717, 1.165) is 10.4 Å². The molecule has 0 saturated carbocycles. The van der Waals surface area contributed by atoms with Gasteiger partial charge < -0.3 is 14.8 Å². The second-order valence-corrected chi connectivity index (χ2v) is 7.38. The van der Waals surface area contributed by atoms with Gasteiger partial charge in [-0.05, 0) is 18.6 Å². The lowest BCUT2D eigenvalue weighted by Gasteiger charge is -2.09. The molecule has 3 rings (SSSR count). The average molecular weight is 426 g/mol. The number of anilines is 1. The SMILES string of the molecule is COC(=O)c1c(NC(=O)COc2ccccc2[N+](=O)[O-])sc(C)c1-c1ccccc1. The predicted molar refractivity (Wildman–Crippen MR) is 113 cm³/mol. The number of amides is 1. The lowest BCUT2D eigenvalue weighted by atomic mass is 10.0. The molecule has 8 nitrogen and oxygen atoms in total. The number of rotatable bonds is 7. The highest BCUT2D eigenvalue weighted by molar-refractivity contribution is 7.17. The first kappa shape index (κ1) is 21.0. The van der Waals surface area contributed by atoms with Crippen molar-refractivity contribution in [3.63, 3.8) is 0 Å². The largest absolute Gasteiger partial charge is 0.477 e. The van der Waals surface area contributed by atoms with Gasteiger partial charge in [-0.25, -0.2) is 4.79 Å². The molecular formula is C21H18N2O6S. The van der Waals surface area contributed by atoms with Crippen molar-refractivity contribution in [2.24, 2.45) is 0 Å². The molecule has 0 unspecified atom stereocenters. The van der Waals surface area contributed by atoms with E-state index in [-0.39, 0.29) is 17.0 Å². The number of methoxy groups -OCH3 is 1. The van der Waals surface area contributed by atoms with E-state index in [1.54, 1.807) is 6.07 Å². The number of benzene rings is 2. The first-order valence-corrected chi connectivity index (χ1v) is 9.67. The molecular weight excluding hydrogens is 408 g/mol. The van der Waals surface area contributed by atoms with Crippen molar-refractivity contribution in [2.45, 2.75) is 6.92 Å². The third-order valence-corrected chi connectivity index (χ3v) is 5.23. The van der Waals surface area contributed by atoms with Crippen LogP contribution in [0.5, 0.6) is 5.75 Å². The molecule has 0 saturated heterocycles. The van der Waals surface area contributed by atoms with Gasteiger partial charge in [0.1, 0.15) is 10.6 Å². The van der Waals surface area contributed by atoms with Crippen LogP contribution in [0.2, 0.25) is 0 Å². The summed E-state index contributed by atoms with van der Waals surface area (Å²) in [4.78, 5) is 36.2. The van der Waals surface area contributed by atoms with Gasteiger partial charge in [-0.15, -0.1) is 11.3 Å². The van der Waals surface area contributed by atoms with Gasteiger partial charge >= 0.3 is 11.7 Å². The summed E-state index contributed by atoms with van der Waals surface area (Å²) in [7, 11) is 1.27. The summed E-state index contributed by atoms with van der Waals surface area (Å²) in [6.07, 6.45) is 0. The lowest BCUT2D eigenvalue weighted by molar-refractivity contribution is -0.385. The van der Waals surface area contributed by atoms with Crippen molar-refractivity contribution >= 4 is 33.9 Å². The van der Waals surface area contributed by atoms with E-state index < -0.39 is 23.4 Å². The Morgan fingerprint density at radius 2 is 1.77 bits per heavy atom. The van der Waals surface area contributed by atoms with E-state index >= 15 is 0 Å². The number of nitro groups is 1. The molecule has 2 aromatic carbocycles. The number of thiophene rings is 1. The van der Waals surface area contributed by atoms with Crippen molar-refractivity contribution in [1.82, 2.24) is 0 Å². The number of aryl methyl sites for hydroxylation is 1. The molecule has 0 aliphatic heterocycles. The summed E-state index contributed by atoms with van der Waals surface area (Å²) >= 11 is 1.24. The Labute approximate surface area is 176 Å². The maximum Gasteiger partial charge on any atom is 0.341 e. The first-order valence-electron chi connectivity index (χ1n) is 8.85. The average Bonchev–Trinajstić information content (AvgIpc) is 3.07. The first-order chi connectivity index (χ1) is 14.4. The molecule has 0 spiro atoms. The summed E-state index contributed by atoms with van der Waals surface area (Å²) in [5.41, 5.74) is 1.52. The normalized spacial score (nSPS) is 10.3. The van der Waals surface area contributed by atoms with E-state index in [1.807, 2.05) is 37.3 Å². The zero-order valence-corrected chi connectivity index (χ0v) is 17.0. The van der Waals surface area contributed by atoms with Crippen LogP contribution in [0.3, 0.4) is 0 Å². The zero-order chi connectivity index (χ0) is 21.7. The number of nitrogens with one attached hydrogen (secondary N) is 1. The summed E-state index contributed by atoms with van der Waals surface area (Å²) < 4.78 is 10.2. The number of nitrogens with zero attached hydrogens (tertiary/aromatic N) is 1. The molecule has 30 heavy (non-hydrogen) atoms. The van der Waals surface area contributed by atoms with Crippen LogP contribution in [0.4, 0.5) is 10.7 Å². The highest BCUT2D eigenvalue weighted by Gasteiger charge is 2.25. The monoisotopic (exact) mass is 426 g/mol. The van der Waals surface area contributed by atoms with Gasteiger partial charge in [0, 0.05) is 16.5 Å². The lowest BCUT2D eigenvalue weighted by Crippen LogP contribution is -2.21. The van der Waals surface area contributed by atoms with Gasteiger partial charge in [0.15, 0.2) is 12.4 Å². The van der Waals surface area contributed by atoms with Gasteiger partial charge in [0.2, 0.25) is 0 Å². The quantitative estimate of drug-likeness (QED) is 0.340. The van der Waals surface area contributed by atoms with Gasteiger partial charge in [-0.1, -0.05) is 42.5 Å². The summed E-state index contributed by atoms with van der Waals surface area (Å²) in [6, 6.07) is 15.1. The maximum atomic E-state index is 12.4. The van der Waals surface area contributed by atoms with E-state index in [2.05, 4.69) is 5.32 Å². The molecule has 1 aromatic heterocycles. The standard InChI is InChI=1S/C21H18N2O6S/c1-13-18(14-8-4-3-5-9-14)19(21(25)28-2)20(30-13)22-17(24)12-29-16-11-7-6-10-15(16)23(26)27/h3-11H,12H2,1-2H3,(H,22,24). The molecule has 9 heteroatoms. The molecule has 0 bridgehead atoms. The van der Waals surface area contributed by atoms with E-state index in [9.17, 15) is 19.7 Å². The molecule has 0 aliphatic carbocycles. The molecule has 154 valence electrons. The van der Waals surface area contributed by atoms with Crippen molar-refractivity contribution in [1.29, 1.82) is 0 Å². The highest BCUT2D eigenvalue weighted by Crippen LogP contribution is 2.40. The molecule has 1 amide bonds. The molecule has 0 aliphatic rings. The predicted octanol–water partition coefficient (Wildman–Crippen LogP) is 4.44. The molecule has 0 fully saturated rings. The van der Waals surface area contributed by atoms with Crippen molar-refractivity contribution < 1.29 is 24.0 Å². The molecule has 1 heterocycles. The number of carbonyl (C=O) groups is 2. The molecule has 0 radical (unpaired) electrons. The number of nitro benzene ring substituents is 1. The van der Waals surface area contributed by atoms with E-state index in [0.29, 0.717) is 10.6 Å². The van der Waals surface area contributed by atoms with Crippen molar-refractivity contribution in [3.8, 4) is 16.9 Å². The van der Waals surface area contributed by atoms with Crippen LogP contribution in [0.15, 0.2) is 54.6 Å². The Hall–Kier alpha value is -3.72. The van der Waals surface area contributed by atoms with Gasteiger partial charge in [0.25, 0.3) is 5.91 Å². The second kappa shape index (κ2) is 9.19. The van der Waals surface area contributed by atoms with Crippen LogP contribution in [0, 0.1) is 17.0 Å². The number of para-hydroxylation sites is 2. The van der Waals surface area contributed by atoms with Crippen LogP contribution in [-0.2, 0) is 9.53 Å². The number of ether oxygens (including phenoxy) is 2. The third-order valence-electron chi connectivity index (χ3n) is 4.21. The van der Waals surface area contributed by atoms with Crippen molar-refractivity contribution in [2.75, 3.05) is 19.0 Å². The topological polar surface area (TPSA) is 108 Å². The zero-order valence-electron chi connectivity index (χ0n) is 16.2. The number of hydrogen-bond acceptors (Lipinski definition) is 7. The summed E-state index contributed by atoms with van der Waals surface area (Å²) in [6.45, 7) is 1.39. The minimum absolute atomic E-state index is 0.0156. The number of hydrogen-bond donors (Lipinski definition) is 1. The van der Waals surface area contributed by atoms with Crippen molar-refractivity contribution in [3.05, 3.63) is 75.2 Å². The van der Waals surface area contributed by atoms with E-state index in [1.165, 1.54) is 36.6 Å². The minimum Gasteiger partial charge on any atom is -0.477 e. The van der Waals surface area contributed by atoms with Crippen LogP contribution in [-0.4, -0.2) is 30.5 Å². The fourth-order valence-corrected chi connectivity index (χ4v) is 4.00. The Morgan fingerprint density at radius 3 is 2.43 bits per heavy atom. The van der Waals surface area contributed by atoms with Crippen LogP contribution in [0.1, 0.15) is 15.2 Å². The number of esters is 1. The maximum absolute atomic E-state index is 12.4. The Kier molecular flexibility index (Phi) is 6.43. The Balaban J connectivity index is 1.84. The van der Waals surface area contributed by atoms with Crippen LogP contribution < -0.4 is 10.1 Å². The molecule has 3 aromatic rings. The third kappa shape index (κ3) is 4.47. The fraction of sp³-hybridized carbons (Fsp3) is 0.143. The van der Waals surface area contributed by atoms with Crippen LogP contribution in [0.25, 0.3) is 11.1 Å². The fourth-order valence-electron chi connectivity index (χ4n) is 2.92. The second-order valence-electron chi connectivity index (χ2n) is 6.16. The van der Waals surface area contributed by atoms with Gasteiger partial charge in [0.05, 0.1) is 12.0 Å². The summed E-state index contributed by atoms with van der Waals surface area (Å²) in [5, 5.41) is 14.0. The highest BCUT2D eigenvalue weighted by atomic mass is 32.1. The molecule has 1 N–H and O–H groups in total. The van der Waals surface area contributed by atoms with Gasteiger partial charge in [-0.3, -0.25) is 14.9 Å². The van der Waals surface area contributed by atoms with Crippen LogP contribution >= 0.6 is 11.3 Å². The Bertz CT molecular complexity index is 1090. The van der Waals surface area contributed by atoms with E-state index in [4.69, 9.17) is 9.47 Å².